The van der Waals surface area contributed by atoms with E-state index in [1.54, 1.807) is 20.8 Å². The van der Waals surface area contributed by atoms with Gasteiger partial charge in [0.05, 0.1) is 12.1 Å². The van der Waals surface area contributed by atoms with Crippen LogP contribution in [0.3, 0.4) is 0 Å². The molecule has 0 aromatic heterocycles. The number of hydrogen-bond donors (Lipinski definition) is 3. The first kappa shape index (κ1) is 24.8. The molecular formula is C24H32F2N2O3. The molecular weight excluding hydrogens is 402 g/mol. The summed E-state index contributed by atoms with van der Waals surface area (Å²) >= 11 is 0. The Bertz CT molecular complexity index is 820. The maximum absolute atomic E-state index is 13.6. The van der Waals surface area contributed by atoms with Gasteiger partial charge in [0.2, 0.25) is 0 Å². The molecule has 0 saturated heterocycles. The van der Waals surface area contributed by atoms with E-state index in [-0.39, 0.29) is 18.9 Å². The average molecular weight is 435 g/mol. The Labute approximate surface area is 182 Å². The number of carbonyl (C=O) groups excluding carboxylic acids is 1. The van der Waals surface area contributed by atoms with E-state index in [0.29, 0.717) is 12.1 Å². The SMILES string of the molecule is CC(CNC[C@@H](O)[C@H](Cc1cc(F)cc(F)c1)NC(=O)OC(C)(C)C)c1ccccc1. The number of carbonyl (C=O) groups is 1. The van der Waals surface area contributed by atoms with Gasteiger partial charge in [0.25, 0.3) is 0 Å². The van der Waals surface area contributed by atoms with Crippen molar-refractivity contribution in [2.75, 3.05) is 13.1 Å². The maximum atomic E-state index is 13.6. The second-order valence-corrected chi connectivity index (χ2v) is 8.77. The summed E-state index contributed by atoms with van der Waals surface area (Å²) in [5.41, 5.74) is 0.784. The molecule has 1 amide bonds. The second kappa shape index (κ2) is 11.2. The van der Waals surface area contributed by atoms with E-state index in [0.717, 1.165) is 6.07 Å². The highest BCUT2D eigenvalue weighted by Crippen LogP contribution is 2.15. The smallest absolute Gasteiger partial charge is 0.407 e. The molecule has 0 heterocycles. The zero-order valence-corrected chi connectivity index (χ0v) is 18.5. The van der Waals surface area contributed by atoms with Crippen LogP contribution in [0.2, 0.25) is 0 Å². The van der Waals surface area contributed by atoms with Gasteiger partial charge in [0.15, 0.2) is 0 Å². The number of alkyl carbamates (subject to hydrolysis) is 1. The normalized spacial score (nSPS) is 14.5. The van der Waals surface area contributed by atoms with Gasteiger partial charge in [-0.05, 0) is 56.4 Å². The molecule has 0 radical (unpaired) electrons. The number of nitrogens with one attached hydrogen (secondary N) is 2. The van der Waals surface area contributed by atoms with Crippen LogP contribution < -0.4 is 10.6 Å². The summed E-state index contributed by atoms with van der Waals surface area (Å²) in [7, 11) is 0. The molecule has 170 valence electrons. The fraction of sp³-hybridized carbons (Fsp3) is 0.458. The van der Waals surface area contributed by atoms with Crippen molar-refractivity contribution in [3.05, 3.63) is 71.3 Å². The molecule has 0 spiro atoms. The Morgan fingerprint density at radius 1 is 1.06 bits per heavy atom. The van der Waals surface area contributed by atoms with Crippen molar-refractivity contribution in [1.29, 1.82) is 0 Å². The minimum atomic E-state index is -0.998. The highest BCUT2D eigenvalue weighted by Gasteiger charge is 2.25. The minimum Gasteiger partial charge on any atom is -0.444 e. The number of halogens is 2. The zero-order chi connectivity index (χ0) is 23.0. The van der Waals surface area contributed by atoms with E-state index in [1.807, 2.05) is 30.3 Å². The van der Waals surface area contributed by atoms with Crippen LogP contribution >= 0.6 is 0 Å². The van der Waals surface area contributed by atoms with E-state index in [9.17, 15) is 18.7 Å². The lowest BCUT2D eigenvalue weighted by Crippen LogP contribution is -2.50. The van der Waals surface area contributed by atoms with Gasteiger partial charge in [-0.2, -0.15) is 0 Å². The van der Waals surface area contributed by atoms with Crippen LogP contribution in [0.1, 0.15) is 44.7 Å². The number of aliphatic hydroxyl groups is 1. The molecule has 2 aromatic carbocycles. The van der Waals surface area contributed by atoms with Crippen LogP contribution in [-0.4, -0.2) is 42.0 Å². The van der Waals surface area contributed by atoms with Crippen molar-refractivity contribution in [1.82, 2.24) is 10.6 Å². The highest BCUT2D eigenvalue weighted by atomic mass is 19.1. The van der Waals surface area contributed by atoms with Crippen LogP contribution in [0, 0.1) is 11.6 Å². The number of benzene rings is 2. The van der Waals surface area contributed by atoms with Crippen molar-refractivity contribution in [2.24, 2.45) is 0 Å². The molecule has 31 heavy (non-hydrogen) atoms. The van der Waals surface area contributed by atoms with Gasteiger partial charge in [-0.1, -0.05) is 37.3 Å². The van der Waals surface area contributed by atoms with Gasteiger partial charge in [0, 0.05) is 19.2 Å². The Morgan fingerprint density at radius 2 is 1.68 bits per heavy atom. The van der Waals surface area contributed by atoms with Crippen LogP contribution in [0.15, 0.2) is 48.5 Å². The van der Waals surface area contributed by atoms with Gasteiger partial charge < -0.3 is 20.5 Å². The van der Waals surface area contributed by atoms with E-state index in [4.69, 9.17) is 4.74 Å². The number of hydrogen-bond acceptors (Lipinski definition) is 4. The van der Waals surface area contributed by atoms with Crippen molar-refractivity contribution < 1.29 is 23.4 Å². The molecule has 0 saturated carbocycles. The predicted octanol–water partition coefficient (Wildman–Crippen LogP) is 4.15. The lowest BCUT2D eigenvalue weighted by Gasteiger charge is -2.27. The monoisotopic (exact) mass is 434 g/mol. The van der Waals surface area contributed by atoms with Gasteiger partial charge in [-0.25, -0.2) is 13.6 Å². The van der Waals surface area contributed by atoms with Crippen LogP contribution in [0.5, 0.6) is 0 Å². The Morgan fingerprint density at radius 3 is 2.26 bits per heavy atom. The summed E-state index contributed by atoms with van der Waals surface area (Å²) in [5.74, 6) is -1.20. The van der Waals surface area contributed by atoms with Crippen LogP contribution in [-0.2, 0) is 11.2 Å². The average Bonchev–Trinajstić information content (AvgIpc) is 2.65. The second-order valence-electron chi connectivity index (χ2n) is 8.77. The molecule has 0 fully saturated rings. The third kappa shape index (κ3) is 9.02. The van der Waals surface area contributed by atoms with Gasteiger partial charge in [-0.3, -0.25) is 0 Å². The first-order valence-corrected chi connectivity index (χ1v) is 10.4. The molecule has 7 heteroatoms. The van der Waals surface area contributed by atoms with Gasteiger partial charge in [-0.15, -0.1) is 0 Å². The molecule has 2 rings (SSSR count). The fourth-order valence-corrected chi connectivity index (χ4v) is 3.21. The summed E-state index contributed by atoms with van der Waals surface area (Å²) in [6.07, 6.45) is -1.65. The molecule has 0 aliphatic carbocycles. The van der Waals surface area contributed by atoms with Crippen LogP contribution in [0.4, 0.5) is 13.6 Å². The minimum absolute atomic E-state index is 0.0466. The quantitative estimate of drug-likeness (QED) is 0.554. The summed E-state index contributed by atoms with van der Waals surface area (Å²) in [6, 6.07) is 12.3. The molecule has 3 N–H and O–H groups in total. The molecule has 0 aliphatic heterocycles. The van der Waals surface area contributed by atoms with Gasteiger partial charge >= 0.3 is 6.09 Å². The molecule has 5 nitrogen and oxygen atoms in total. The molecule has 3 atom stereocenters. The molecule has 0 aliphatic rings. The van der Waals surface area contributed by atoms with Crippen molar-refractivity contribution in [3.63, 3.8) is 0 Å². The first-order valence-electron chi connectivity index (χ1n) is 10.4. The lowest BCUT2D eigenvalue weighted by molar-refractivity contribution is 0.0422. The van der Waals surface area contributed by atoms with E-state index in [1.165, 1.54) is 17.7 Å². The number of aliphatic hydroxyl groups excluding tert-OH is 1. The summed E-state index contributed by atoms with van der Waals surface area (Å²) in [6.45, 7) is 8.07. The van der Waals surface area contributed by atoms with Crippen molar-refractivity contribution in [2.45, 2.75) is 57.8 Å². The predicted molar refractivity (Wildman–Crippen MR) is 117 cm³/mol. The molecule has 0 bridgehead atoms. The van der Waals surface area contributed by atoms with Crippen molar-refractivity contribution >= 4 is 6.09 Å². The largest absolute Gasteiger partial charge is 0.444 e. The van der Waals surface area contributed by atoms with E-state index < -0.39 is 35.5 Å². The van der Waals surface area contributed by atoms with Crippen LogP contribution in [0.25, 0.3) is 0 Å². The van der Waals surface area contributed by atoms with Crippen molar-refractivity contribution in [3.8, 4) is 0 Å². The fourth-order valence-electron chi connectivity index (χ4n) is 3.21. The van der Waals surface area contributed by atoms with Gasteiger partial charge in [0.1, 0.15) is 17.2 Å². The Hall–Kier alpha value is -2.51. The first-order chi connectivity index (χ1) is 14.5. The third-order valence-corrected chi connectivity index (χ3v) is 4.72. The Balaban J connectivity index is 2.02. The maximum Gasteiger partial charge on any atom is 0.407 e. The standard InChI is InChI=1S/C24H32F2N2O3/c1-16(18-8-6-5-7-9-18)14-27-15-22(29)21(28-23(30)31-24(2,3)4)12-17-10-19(25)13-20(26)11-17/h5-11,13,16,21-22,27,29H,12,14-15H2,1-4H3,(H,28,30)/t16?,21-,22+/m0/s1. The zero-order valence-electron chi connectivity index (χ0n) is 18.5. The molecule has 1 unspecified atom stereocenters. The summed E-state index contributed by atoms with van der Waals surface area (Å²) in [4.78, 5) is 12.3. The summed E-state index contributed by atoms with van der Waals surface area (Å²) in [5, 5.41) is 16.6. The van der Waals surface area contributed by atoms with E-state index in [2.05, 4.69) is 17.6 Å². The Kier molecular flexibility index (Phi) is 8.95. The lowest BCUT2D eigenvalue weighted by atomic mass is 9.99. The third-order valence-electron chi connectivity index (χ3n) is 4.72. The number of amides is 1. The topological polar surface area (TPSA) is 70.6 Å². The molecule has 2 aromatic rings. The van der Waals surface area contributed by atoms with E-state index >= 15 is 0 Å². The number of ether oxygens (including phenoxy) is 1. The number of rotatable bonds is 9. The highest BCUT2D eigenvalue weighted by molar-refractivity contribution is 5.68. The summed E-state index contributed by atoms with van der Waals surface area (Å²) < 4.78 is 32.5.